The fourth-order valence-electron chi connectivity index (χ4n) is 1.84. The Balaban J connectivity index is 2.46. The number of nitrogens with zero attached hydrogens (tertiary/aromatic N) is 1. The Morgan fingerprint density at radius 2 is 1.88 bits per heavy atom. The van der Waals surface area contributed by atoms with E-state index in [1.54, 1.807) is 0 Å². The second kappa shape index (κ2) is 3.91. The minimum atomic E-state index is -0.464. The summed E-state index contributed by atoms with van der Waals surface area (Å²) in [5.41, 5.74) is 1.19. The molecular weight excluding hydrogens is 214 g/mol. The number of ether oxygens (including phenoxy) is 1. The van der Waals surface area contributed by atoms with E-state index < -0.39 is 5.60 Å². The maximum absolute atomic E-state index is 12.1. The summed E-state index contributed by atoms with van der Waals surface area (Å²) in [6.07, 6.45) is 1.82. The van der Waals surface area contributed by atoms with Crippen LogP contribution in [0.4, 0.5) is 0 Å². The number of fused-ring (bicyclic) bond motifs is 1. The zero-order valence-corrected chi connectivity index (χ0v) is 10.7. The first-order chi connectivity index (χ1) is 7.88. The summed E-state index contributed by atoms with van der Waals surface area (Å²) >= 11 is 0. The molecule has 0 radical (unpaired) electrons. The number of aromatic nitrogens is 1. The van der Waals surface area contributed by atoms with E-state index in [4.69, 9.17) is 4.74 Å². The Hall–Kier alpha value is -1.77. The van der Waals surface area contributed by atoms with Gasteiger partial charge in [0.2, 0.25) is 0 Å². The minimum absolute atomic E-state index is 0.269. The van der Waals surface area contributed by atoms with Crippen LogP contribution in [-0.2, 0) is 11.8 Å². The standard InChI is InChI=1S/C14H17NO2/c1-14(2,3)17-13(16)11-9-15(4)12-8-6-5-7-10(11)12/h5-9H,1-4H3. The van der Waals surface area contributed by atoms with Gasteiger partial charge in [0.1, 0.15) is 5.60 Å². The van der Waals surface area contributed by atoms with Crippen molar-refractivity contribution in [1.82, 2.24) is 4.57 Å². The molecule has 1 aromatic carbocycles. The predicted octanol–water partition coefficient (Wildman–Crippen LogP) is 3.13. The highest BCUT2D eigenvalue weighted by molar-refractivity contribution is 6.04. The highest BCUT2D eigenvalue weighted by atomic mass is 16.6. The van der Waals surface area contributed by atoms with Crippen LogP contribution in [0.5, 0.6) is 0 Å². The van der Waals surface area contributed by atoms with Gasteiger partial charge in [-0.2, -0.15) is 0 Å². The van der Waals surface area contributed by atoms with Gasteiger partial charge in [-0.1, -0.05) is 18.2 Å². The Kier molecular flexibility index (Phi) is 2.69. The van der Waals surface area contributed by atoms with Gasteiger partial charge >= 0.3 is 5.97 Å². The Bertz CT molecular complexity index is 561. The van der Waals surface area contributed by atoms with Crippen molar-refractivity contribution in [3.05, 3.63) is 36.0 Å². The summed E-state index contributed by atoms with van der Waals surface area (Å²) in [7, 11) is 1.93. The lowest BCUT2D eigenvalue weighted by Crippen LogP contribution is -2.23. The summed E-state index contributed by atoms with van der Waals surface area (Å²) in [5, 5.41) is 0.934. The summed E-state index contributed by atoms with van der Waals surface area (Å²) < 4.78 is 7.33. The summed E-state index contributed by atoms with van der Waals surface area (Å²) in [5.74, 6) is -0.269. The molecule has 3 nitrogen and oxygen atoms in total. The highest BCUT2D eigenvalue weighted by Gasteiger charge is 2.21. The van der Waals surface area contributed by atoms with Crippen molar-refractivity contribution in [3.8, 4) is 0 Å². The molecule has 0 N–H and O–H groups in total. The number of hydrogen-bond acceptors (Lipinski definition) is 2. The Morgan fingerprint density at radius 3 is 2.53 bits per heavy atom. The summed E-state index contributed by atoms with van der Waals surface area (Å²) in [6.45, 7) is 5.61. The summed E-state index contributed by atoms with van der Waals surface area (Å²) in [4.78, 5) is 12.1. The van der Waals surface area contributed by atoms with Crippen molar-refractivity contribution in [3.63, 3.8) is 0 Å². The fourth-order valence-corrected chi connectivity index (χ4v) is 1.84. The van der Waals surface area contributed by atoms with Crippen LogP contribution in [0.1, 0.15) is 31.1 Å². The molecule has 0 amide bonds. The molecule has 2 rings (SSSR count). The van der Waals surface area contributed by atoms with Gasteiger partial charge in [0.05, 0.1) is 5.56 Å². The molecule has 0 bridgehead atoms. The average Bonchev–Trinajstić information content (AvgIpc) is 2.55. The lowest BCUT2D eigenvalue weighted by Gasteiger charge is -2.19. The largest absolute Gasteiger partial charge is 0.456 e. The number of hydrogen-bond donors (Lipinski definition) is 0. The molecular formula is C14H17NO2. The summed E-state index contributed by atoms with van der Waals surface area (Å²) in [6, 6.07) is 7.81. The SMILES string of the molecule is Cn1cc(C(=O)OC(C)(C)C)c2ccccc21. The van der Waals surface area contributed by atoms with Gasteiger partial charge in [0, 0.05) is 24.1 Å². The van der Waals surface area contributed by atoms with Crippen LogP contribution in [0.25, 0.3) is 10.9 Å². The lowest BCUT2D eigenvalue weighted by atomic mass is 10.1. The molecule has 2 aromatic rings. The zero-order chi connectivity index (χ0) is 12.6. The van der Waals surface area contributed by atoms with E-state index in [0.717, 1.165) is 10.9 Å². The van der Waals surface area contributed by atoms with Gasteiger partial charge in [0.15, 0.2) is 0 Å². The van der Waals surface area contributed by atoms with Crippen LogP contribution in [0.3, 0.4) is 0 Å². The molecule has 90 valence electrons. The first-order valence-corrected chi connectivity index (χ1v) is 5.66. The molecule has 17 heavy (non-hydrogen) atoms. The molecule has 0 aliphatic heterocycles. The number of aryl methyl sites for hydroxylation is 1. The van der Waals surface area contributed by atoms with Crippen LogP contribution in [-0.4, -0.2) is 16.1 Å². The van der Waals surface area contributed by atoms with Crippen molar-refractivity contribution in [2.45, 2.75) is 26.4 Å². The number of carbonyl (C=O) groups is 1. The normalized spacial score (nSPS) is 11.8. The third-order valence-corrected chi connectivity index (χ3v) is 2.52. The van der Waals surface area contributed by atoms with Crippen molar-refractivity contribution >= 4 is 16.9 Å². The molecule has 1 aromatic heterocycles. The number of benzene rings is 1. The quantitative estimate of drug-likeness (QED) is 0.706. The predicted molar refractivity (Wildman–Crippen MR) is 68.1 cm³/mol. The molecule has 1 heterocycles. The topological polar surface area (TPSA) is 31.2 Å². The van der Waals surface area contributed by atoms with Gasteiger partial charge in [-0.05, 0) is 26.8 Å². The molecule has 0 saturated heterocycles. The number of rotatable bonds is 1. The molecule has 0 aliphatic rings. The van der Waals surface area contributed by atoms with E-state index in [2.05, 4.69) is 0 Å². The van der Waals surface area contributed by atoms with Crippen LogP contribution in [0, 0.1) is 0 Å². The Morgan fingerprint density at radius 1 is 1.24 bits per heavy atom. The van der Waals surface area contributed by atoms with Gasteiger partial charge < -0.3 is 9.30 Å². The van der Waals surface area contributed by atoms with E-state index in [-0.39, 0.29) is 5.97 Å². The van der Waals surface area contributed by atoms with Crippen LogP contribution in [0.15, 0.2) is 30.5 Å². The second-order valence-corrected chi connectivity index (χ2v) is 5.17. The maximum atomic E-state index is 12.1. The average molecular weight is 231 g/mol. The second-order valence-electron chi connectivity index (χ2n) is 5.17. The molecule has 3 heteroatoms. The molecule has 0 unspecified atom stereocenters. The van der Waals surface area contributed by atoms with E-state index in [1.807, 2.05) is 62.8 Å². The minimum Gasteiger partial charge on any atom is -0.456 e. The number of esters is 1. The van der Waals surface area contributed by atoms with E-state index in [1.165, 1.54) is 0 Å². The maximum Gasteiger partial charge on any atom is 0.340 e. The monoisotopic (exact) mass is 231 g/mol. The van der Waals surface area contributed by atoms with E-state index in [9.17, 15) is 4.79 Å². The van der Waals surface area contributed by atoms with Crippen molar-refractivity contribution in [2.24, 2.45) is 7.05 Å². The van der Waals surface area contributed by atoms with Gasteiger partial charge in [-0.15, -0.1) is 0 Å². The number of carbonyl (C=O) groups excluding carboxylic acids is 1. The lowest BCUT2D eigenvalue weighted by molar-refractivity contribution is 0.00717. The third kappa shape index (κ3) is 2.33. The van der Waals surface area contributed by atoms with Gasteiger partial charge in [-0.25, -0.2) is 4.79 Å². The molecule has 0 spiro atoms. The first-order valence-electron chi connectivity index (χ1n) is 5.66. The van der Waals surface area contributed by atoms with Crippen molar-refractivity contribution in [1.29, 1.82) is 0 Å². The molecule has 0 fully saturated rings. The molecule has 0 atom stereocenters. The van der Waals surface area contributed by atoms with Crippen LogP contribution in [0.2, 0.25) is 0 Å². The first kappa shape index (κ1) is 11.7. The highest BCUT2D eigenvalue weighted by Crippen LogP contribution is 2.22. The van der Waals surface area contributed by atoms with E-state index >= 15 is 0 Å². The van der Waals surface area contributed by atoms with Gasteiger partial charge in [0.25, 0.3) is 0 Å². The molecule has 0 aliphatic carbocycles. The zero-order valence-electron chi connectivity index (χ0n) is 10.7. The molecule has 0 saturated carbocycles. The van der Waals surface area contributed by atoms with Crippen molar-refractivity contribution < 1.29 is 9.53 Å². The van der Waals surface area contributed by atoms with Crippen LogP contribution >= 0.6 is 0 Å². The van der Waals surface area contributed by atoms with E-state index in [0.29, 0.717) is 5.56 Å². The van der Waals surface area contributed by atoms with Gasteiger partial charge in [-0.3, -0.25) is 0 Å². The smallest absolute Gasteiger partial charge is 0.340 e. The fraction of sp³-hybridized carbons (Fsp3) is 0.357. The third-order valence-electron chi connectivity index (χ3n) is 2.52. The number of para-hydroxylation sites is 1. The van der Waals surface area contributed by atoms with Crippen molar-refractivity contribution in [2.75, 3.05) is 0 Å². The Labute approximate surface area is 101 Å². The van der Waals surface area contributed by atoms with Crippen LogP contribution < -0.4 is 0 Å².